The van der Waals surface area contributed by atoms with Crippen LogP contribution in [-0.4, -0.2) is 34.4 Å². The maximum absolute atomic E-state index is 14.2. The number of aliphatic hydroxyl groups excluding tert-OH is 2. The molecule has 0 aromatic rings. The third-order valence-electron chi connectivity index (χ3n) is 11.6. The predicted molar refractivity (Wildman–Crippen MR) is 126 cm³/mol. The van der Waals surface area contributed by atoms with E-state index < -0.39 is 18.4 Å². The Kier molecular flexibility index (Phi) is 6.64. The maximum atomic E-state index is 14.2. The van der Waals surface area contributed by atoms with E-state index >= 15 is 0 Å². The zero-order valence-corrected chi connectivity index (χ0v) is 21.2. The Hall–Kier alpha value is -0.480. The Morgan fingerprint density at radius 2 is 1.53 bits per heavy atom. The van der Waals surface area contributed by atoms with E-state index in [0.717, 1.165) is 32.1 Å². The summed E-state index contributed by atoms with van der Waals surface area (Å²) in [5, 5.41) is 22.0. The number of carbonyl (C=O) groups is 1. The molecule has 4 rings (SSSR count). The first kappa shape index (κ1) is 24.6. The van der Waals surface area contributed by atoms with Gasteiger partial charge in [0.2, 0.25) is 0 Å². The molecule has 32 heavy (non-hydrogen) atoms. The van der Waals surface area contributed by atoms with Crippen LogP contribution in [-0.2, 0) is 4.79 Å². The van der Waals surface area contributed by atoms with Crippen LogP contribution in [0.15, 0.2) is 0 Å². The van der Waals surface area contributed by atoms with Crippen molar-refractivity contribution in [3.05, 3.63) is 0 Å². The minimum Gasteiger partial charge on any atom is -0.390 e. The summed E-state index contributed by atoms with van der Waals surface area (Å²) in [6.07, 6.45) is 4.78. The summed E-state index contributed by atoms with van der Waals surface area (Å²) in [5.74, 6) is 2.49. The number of ketones is 1. The molecule has 4 heteroatoms. The molecule has 0 heterocycles. The number of aliphatic hydroxyl groups is 2. The summed E-state index contributed by atoms with van der Waals surface area (Å²) in [4.78, 5) is 13.2. The van der Waals surface area contributed by atoms with E-state index in [2.05, 4.69) is 34.6 Å². The molecule has 184 valence electrons. The number of rotatable bonds is 5. The first-order valence-corrected chi connectivity index (χ1v) is 13.4. The van der Waals surface area contributed by atoms with Crippen molar-refractivity contribution >= 4 is 5.78 Å². The number of hydrogen-bond donors (Lipinski definition) is 2. The van der Waals surface area contributed by atoms with E-state index in [9.17, 15) is 19.4 Å². The summed E-state index contributed by atoms with van der Waals surface area (Å²) in [7, 11) is 0. The highest BCUT2D eigenvalue weighted by Crippen LogP contribution is 2.68. The van der Waals surface area contributed by atoms with Gasteiger partial charge in [-0.05, 0) is 97.2 Å². The molecule has 0 radical (unpaired) electrons. The molecular formula is C28H47FO3. The molecular weight excluding hydrogens is 403 g/mol. The molecule has 0 saturated heterocycles. The van der Waals surface area contributed by atoms with Gasteiger partial charge in [-0.3, -0.25) is 4.79 Å². The van der Waals surface area contributed by atoms with Crippen molar-refractivity contribution < 1.29 is 19.4 Å². The predicted octanol–water partition coefficient (Wildman–Crippen LogP) is 5.81. The topological polar surface area (TPSA) is 57.5 Å². The Morgan fingerprint density at radius 3 is 2.19 bits per heavy atom. The van der Waals surface area contributed by atoms with Gasteiger partial charge in [0.1, 0.15) is 12.0 Å². The minimum atomic E-state index is -0.805. The van der Waals surface area contributed by atoms with E-state index in [0.29, 0.717) is 54.6 Å². The SMILES string of the molecule is CC(C)[C@@H](C)C(O)C(O)[C@@H](C)[C@H]1CC[C@H]2[C@@H]3CC(=O)[C@H]4C[C@H](F)CC[C@]4(C)[C@H]3CC[C@]12C. The quantitative estimate of drug-likeness (QED) is 0.555. The fraction of sp³-hybridized carbons (Fsp3) is 0.964. The molecule has 0 amide bonds. The van der Waals surface area contributed by atoms with Crippen LogP contribution < -0.4 is 0 Å². The van der Waals surface area contributed by atoms with Crippen LogP contribution in [0.2, 0.25) is 0 Å². The van der Waals surface area contributed by atoms with Gasteiger partial charge in [0.15, 0.2) is 0 Å². The van der Waals surface area contributed by atoms with Crippen LogP contribution in [0.4, 0.5) is 4.39 Å². The van der Waals surface area contributed by atoms with Gasteiger partial charge in [-0.15, -0.1) is 0 Å². The number of alkyl halides is 1. The molecule has 2 N–H and O–H groups in total. The number of halogens is 1. The average molecular weight is 451 g/mol. The van der Waals surface area contributed by atoms with E-state index in [1.54, 1.807) is 0 Å². The number of fused-ring (bicyclic) bond motifs is 5. The molecule has 2 unspecified atom stereocenters. The number of hydrogen-bond acceptors (Lipinski definition) is 3. The Morgan fingerprint density at radius 1 is 0.906 bits per heavy atom. The van der Waals surface area contributed by atoms with Crippen LogP contribution in [0, 0.1) is 58.2 Å². The third-order valence-corrected chi connectivity index (χ3v) is 11.6. The molecule has 4 aliphatic rings. The van der Waals surface area contributed by atoms with Crippen LogP contribution in [0.3, 0.4) is 0 Å². The summed E-state index contributed by atoms with van der Waals surface area (Å²) in [6.45, 7) is 13.1. The number of carbonyl (C=O) groups excluding carboxylic acids is 1. The first-order chi connectivity index (χ1) is 14.9. The zero-order chi connectivity index (χ0) is 23.6. The van der Waals surface area contributed by atoms with Gasteiger partial charge in [0.05, 0.1) is 12.2 Å². The van der Waals surface area contributed by atoms with Crippen LogP contribution in [0.1, 0.15) is 92.9 Å². The lowest BCUT2D eigenvalue weighted by atomic mass is 9.44. The third kappa shape index (κ3) is 3.70. The second-order valence-corrected chi connectivity index (χ2v) is 13.1. The van der Waals surface area contributed by atoms with Gasteiger partial charge >= 0.3 is 0 Å². The van der Waals surface area contributed by atoms with E-state index in [4.69, 9.17) is 0 Å². The van der Waals surface area contributed by atoms with Crippen molar-refractivity contribution in [3.8, 4) is 0 Å². The van der Waals surface area contributed by atoms with Gasteiger partial charge < -0.3 is 10.2 Å². The lowest BCUT2D eigenvalue weighted by molar-refractivity contribution is -0.159. The summed E-state index contributed by atoms with van der Waals surface area (Å²) in [5.41, 5.74) is 0.0825. The maximum Gasteiger partial charge on any atom is 0.136 e. The largest absolute Gasteiger partial charge is 0.390 e. The van der Waals surface area contributed by atoms with Crippen LogP contribution in [0.25, 0.3) is 0 Å². The summed E-state index contributed by atoms with van der Waals surface area (Å²) < 4.78 is 14.2. The highest BCUT2D eigenvalue weighted by Gasteiger charge is 2.63. The van der Waals surface area contributed by atoms with Crippen molar-refractivity contribution in [1.82, 2.24) is 0 Å². The van der Waals surface area contributed by atoms with Crippen molar-refractivity contribution in [2.75, 3.05) is 0 Å². The monoisotopic (exact) mass is 450 g/mol. The van der Waals surface area contributed by atoms with E-state index in [1.165, 1.54) is 0 Å². The molecule has 4 fully saturated rings. The second kappa shape index (κ2) is 8.63. The fourth-order valence-electron chi connectivity index (χ4n) is 9.15. The minimum absolute atomic E-state index is 0.0317. The van der Waals surface area contributed by atoms with Gasteiger partial charge in [0.25, 0.3) is 0 Å². The van der Waals surface area contributed by atoms with Crippen LogP contribution >= 0.6 is 0 Å². The standard InChI is InChI=1S/C28H47FO3/c1-15(2)16(3)25(31)26(32)17(4)20-7-8-21-19-14-24(30)23-13-18(29)9-11-28(23,6)22(19)10-12-27(20,21)5/h15-23,25-26,31-32H,7-14H2,1-6H3/t16-,17+,18-,19+,20-,21+,22+,23-,25?,26?,27-,28-/m1/s1. The first-order valence-electron chi connectivity index (χ1n) is 13.4. The van der Waals surface area contributed by atoms with Gasteiger partial charge in [0, 0.05) is 12.3 Å². The van der Waals surface area contributed by atoms with Crippen molar-refractivity contribution in [1.29, 1.82) is 0 Å². The molecule has 0 aliphatic heterocycles. The highest BCUT2D eigenvalue weighted by atomic mass is 19.1. The molecule has 0 bridgehead atoms. The lowest BCUT2D eigenvalue weighted by Gasteiger charge is -2.60. The Balaban J connectivity index is 1.54. The van der Waals surface area contributed by atoms with Crippen molar-refractivity contribution in [2.24, 2.45) is 58.2 Å². The molecule has 4 aliphatic carbocycles. The highest BCUT2D eigenvalue weighted by molar-refractivity contribution is 5.83. The fourth-order valence-corrected chi connectivity index (χ4v) is 9.15. The van der Waals surface area contributed by atoms with Crippen LogP contribution in [0.5, 0.6) is 0 Å². The Labute approximate surface area is 194 Å². The average Bonchev–Trinajstić information content (AvgIpc) is 3.10. The molecule has 4 saturated carbocycles. The van der Waals surface area contributed by atoms with Crippen molar-refractivity contribution in [2.45, 2.75) is 111 Å². The van der Waals surface area contributed by atoms with Gasteiger partial charge in [-0.2, -0.15) is 0 Å². The van der Waals surface area contributed by atoms with E-state index in [-0.39, 0.29) is 28.6 Å². The molecule has 12 atom stereocenters. The van der Waals surface area contributed by atoms with Gasteiger partial charge in [-0.1, -0.05) is 41.5 Å². The summed E-state index contributed by atoms with van der Waals surface area (Å²) in [6, 6.07) is 0. The number of Topliss-reactive ketones (excluding diaryl/α,β-unsaturated/α-hetero) is 1. The molecule has 0 spiro atoms. The van der Waals surface area contributed by atoms with Crippen molar-refractivity contribution in [3.63, 3.8) is 0 Å². The molecule has 0 aromatic carbocycles. The van der Waals surface area contributed by atoms with E-state index in [1.807, 2.05) is 6.92 Å². The normalized spacial score (nSPS) is 47.9. The molecule has 3 nitrogen and oxygen atoms in total. The summed E-state index contributed by atoms with van der Waals surface area (Å²) >= 11 is 0. The van der Waals surface area contributed by atoms with Gasteiger partial charge in [-0.25, -0.2) is 4.39 Å². The Bertz CT molecular complexity index is 709. The molecule has 0 aromatic heterocycles. The zero-order valence-electron chi connectivity index (χ0n) is 21.2. The smallest absolute Gasteiger partial charge is 0.136 e. The lowest BCUT2D eigenvalue weighted by Crippen LogP contribution is -2.57. The second-order valence-electron chi connectivity index (χ2n) is 13.1.